The van der Waals surface area contributed by atoms with E-state index in [-0.39, 0.29) is 12.3 Å². The molecule has 0 aliphatic carbocycles. The average Bonchev–Trinajstić information content (AvgIpc) is 2.49. The summed E-state index contributed by atoms with van der Waals surface area (Å²) in [6.45, 7) is 0.301. The molecule has 0 aliphatic rings. The second kappa shape index (κ2) is 7.09. The summed E-state index contributed by atoms with van der Waals surface area (Å²) in [5.74, 6) is 0.0815. The highest BCUT2D eigenvalue weighted by Crippen LogP contribution is 2.11. The number of nitrogens with two attached hydrogens (primary N) is 1. The molecule has 0 saturated heterocycles. The lowest BCUT2D eigenvalue weighted by Gasteiger charge is -2.07. The van der Waals surface area contributed by atoms with E-state index in [1.807, 2.05) is 30.3 Å². The Bertz CT molecular complexity index is 609. The van der Waals surface area contributed by atoms with Gasteiger partial charge in [-0.15, -0.1) is 0 Å². The first kappa shape index (κ1) is 14.6. The number of amides is 2. The molecule has 0 heterocycles. The summed E-state index contributed by atoms with van der Waals surface area (Å²) in [4.78, 5) is 22.7. The minimum Gasteiger partial charge on any atom is -0.493 e. The number of hydrogen-bond donors (Lipinski definition) is 2. The molecule has 0 saturated carbocycles. The maximum atomic E-state index is 11.7. The third kappa shape index (κ3) is 4.65. The molecule has 0 aromatic heterocycles. The first-order valence-electron chi connectivity index (χ1n) is 6.53. The van der Waals surface area contributed by atoms with Crippen LogP contribution in [-0.2, 0) is 4.79 Å². The Morgan fingerprint density at radius 1 is 1.00 bits per heavy atom. The van der Waals surface area contributed by atoms with Crippen LogP contribution in [0.4, 0.5) is 5.69 Å². The van der Waals surface area contributed by atoms with E-state index in [2.05, 4.69) is 5.32 Å². The molecule has 5 heteroatoms. The smallest absolute Gasteiger partial charge is 0.248 e. The van der Waals surface area contributed by atoms with Gasteiger partial charge in [-0.25, -0.2) is 0 Å². The first-order valence-corrected chi connectivity index (χ1v) is 6.53. The van der Waals surface area contributed by atoms with Crippen LogP contribution in [0.2, 0.25) is 0 Å². The van der Waals surface area contributed by atoms with Gasteiger partial charge in [0.2, 0.25) is 11.8 Å². The van der Waals surface area contributed by atoms with Crippen molar-refractivity contribution in [3.63, 3.8) is 0 Å². The number of carbonyl (C=O) groups is 2. The van der Waals surface area contributed by atoms with E-state index in [4.69, 9.17) is 10.5 Å². The van der Waals surface area contributed by atoms with Crippen molar-refractivity contribution < 1.29 is 14.3 Å². The third-order valence-electron chi connectivity index (χ3n) is 2.79. The second-order valence-corrected chi connectivity index (χ2v) is 4.40. The van der Waals surface area contributed by atoms with E-state index in [0.717, 1.165) is 5.75 Å². The number of primary amides is 1. The van der Waals surface area contributed by atoms with Crippen molar-refractivity contribution in [2.75, 3.05) is 11.9 Å². The lowest BCUT2D eigenvalue weighted by molar-refractivity contribution is -0.116. The van der Waals surface area contributed by atoms with Gasteiger partial charge in [-0.3, -0.25) is 9.59 Å². The molecule has 0 unspecified atom stereocenters. The Balaban J connectivity index is 1.78. The standard InChI is InChI=1S/C16H16N2O3/c17-16(20)12-6-8-13(9-7-12)18-15(19)10-11-21-14-4-2-1-3-5-14/h1-9H,10-11H2,(H2,17,20)(H,18,19). The highest BCUT2D eigenvalue weighted by atomic mass is 16.5. The molecule has 2 aromatic rings. The summed E-state index contributed by atoms with van der Waals surface area (Å²) in [5.41, 5.74) is 6.16. The van der Waals surface area contributed by atoms with Gasteiger partial charge in [0, 0.05) is 11.3 Å². The van der Waals surface area contributed by atoms with Crippen molar-refractivity contribution in [1.29, 1.82) is 0 Å². The molecule has 108 valence electrons. The SMILES string of the molecule is NC(=O)c1ccc(NC(=O)CCOc2ccccc2)cc1. The summed E-state index contributed by atoms with van der Waals surface area (Å²) in [6.07, 6.45) is 0.243. The highest BCUT2D eigenvalue weighted by Gasteiger charge is 2.04. The van der Waals surface area contributed by atoms with E-state index in [1.54, 1.807) is 24.3 Å². The Labute approximate surface area is 122 Å². The number of nitrogens with one attached hydrogen (secondary N) is 1. The summed E-state index contributed by atoms with van der Waals surface area (Å²) >= 11 is 0. The predicted molar refractivity (Wildman–Crippen MR) is 80.1 cm³/mol. The van der Waals surface area contributed by atoms with Crippen molar-refractivity contribution in [2.24, 2.45) is 5.73 Å². The normalized spacial score (nSPS) is 9.90. The quantitative estimate of drug-likeness (QED) is 0.853. The summed E-state index contributed by atoms with van der Waals surface area (Å²) in [5, 5.41) is 2.72. The van der Waals surface area contributed by atoms with Crippen LogP contribution in [0.3, 0.4) is 0 Å². The molecule has 0 radical (unpaired) electrons. The number of anilines is 1. The fraction of sp³-hybridized carbons (Fsp3) is 0.125. The molecule has 0 bridgehead atoms. The van der Waals surface area contributed by atoms with Crippen molar-refractivity contribution in [1.82, 2.24) is 0 Å². The van der Waals surface area contributed by atoms with E-state index in [9.17, 15) is 9.59 Å². The zero-order chi connectivity index (χ0) is 15.1. The van der Waals surface area contributed by atoms with Crippen LogP contribution in [0, 0.1) is 0 Å². The van der Waals surface area contributed by atoms with Gasteiger partial charge in [-0.1, -0.05) is 18.2 Å². The highest BCUT2D eigenvalue weighted by molar-refractivity contribution is 5.94. The van der Waals surface area contributed by atoms with Crippen LogP contribution in [0.5, 0.6) is 5.75 Å². The Hall–Kier alpha value is -2.82. The topological polar surface area (TPSA) is 81.4 Å². The third-order valence-corrected chi connectivity index (χ3v) is 2.79. The monoisotopic (exact) mass is 284 g/mol. The van der Waals surface area contributed by atoms with Crippen LogP contribution in [0.25, 0.3) is 0 Å². The van der Waals surface area contributed by atoms with Gasteiger partial charge in [0.1, 0.15) is 5.75 Å². The number of hydrogen-bond acceptors (Lipinski definition) is 3. The summed E-state index contributed by atoms with van der Waals surface area (Å²) in [6, 6.07) is 15.7. The average molecular weight is 284 g/mol. The van der Waals surface area contributed by atoms with Gasteiger partial charge in [-0.05, 0) is 36.4 Å². The van der Waals surface area contributed by atoms with Crippen LogP contribution in [-0.4, -0.2) is 18.4 Å². The van der Waals surface area contributed by atoms with Crippen molar-refractivity contribution >= 4 is 17.5 Å². The minimum atomic E-state index is -0.496. The predicted octanol–water partition coefficient (Wildman–Crippen LogP) is 2.19. The minimum absolute atomic E-state index is 0.155. The fourth-order valence-corrected chi connectivity index (χ4v) is 1.72. The van der Waals surface area contributed by atoms with E-state index in [1.165, 1.54) is 0 Å². The molecule has 2 rings (SSSR count). The van der Waals surface area contributed by atoms with Gasteiger partial charge in [0.15, 0.2) is 0 Å². The lowest BCUT2D eigenvalue weighted by Crippen LogP contribution is -2.15. The second-order valence-electron chi connectivity index (χ2n) is 4.40. The molecule has 0 fully saturated rings. The molecule has 2 aromatic carbocycles. The van der Waals surface area contributed by atoms with Crippen molar-refractivity contribution in [3.05, 3.63) is 60.2 Å². The van der Waals surface area contributed by atoms with E-state index >= 15 is 0 Å². The van der Waals surface area contributed by atoms with Crippen molar-refractivity contribution in [3.8, 4) is 5.75 Å². The van der Waals surface area contributed by atoms with E-state index in [0.29, 0.717) is 17.9 Å². The summed E-state index contributed by atoms with van der Waals surface area (Å²) < 4.78 is 5.44. The largest absolute Gasteiger partial charge is 0.493 e. The van der Waals surface area contributed by atoms with Gasteiger partial charge >= 0.3 is 0 Å². The van der Waals surface area contributed by atoms with E-state index < -0.39 is 5.91 Å². The first-order chi connectivity index (χ1) is 10.1. The molecule has 21 heavy (non-hydrogen) atoms. The van der Waals surface area contributed by atoms with Gasteiger partial charge in [0.05, 0.1) is 13.0 Å². The fourth-order valence-electron chi connectivity index (χ4n) is 1.72. The Kier molecular flexibility index (Phi) is 4.93. The summed E-state index contributed by atoms with van der Waals surface area (Å²) in [7, 11) is 0. The molecule has 5 nitrogen and oxygen atoms in total. The molecule has 2 amide bonds. The molecule has 0 aliphatic heterocycles. The zero-order valence-electron chi connectivity index (χ0n) is 11.4. The number of ether oxygens (including phenoxy) is 1. The molecule has 0 atom stereocenters. The van der Waals surface area contributed by atoms with Crippen molar-refractivity contribution in [2.45, 2.75) is 6.42 Å². The number of rotatable bonds is 6. The number of para-hydroxylation sites is 1. The van der Waals surface area contributed by atoms with Crippen LogP contribution < -0.4 is 15.8 Å². The molecule has 3 N–H and O–H groups in total. The molecule has 0 spiro atoms. The molecular formula is C16H16N2O3. The zero-order valence-corrected chi connectivity index (χ0v) is 11.4. The van der Waals surface area contributed by atoms with Crippen LogP contribution in [0.15, 0.2) is 54.6 Å². The maximum Gasteiger partial charge on any atom is 0.248 e. The number of benzene rings is 2. The van der Waals surface area contributed by atoms with Crippen LogP contribution >= 0.6 is 0 Å². The molecular weight excluding hydrogens is 268 g/mol. The van der Waals surface area contributed by atoms with Gasteiger partial charge in [0.25, 0.3) is 0 Å². The Morgan fingerprint density at radius 3 is 2.29 bits per heavy atom. The van der Waals surface area contributed by atoms with Gasteiger partial charge in [-0.2, -0.15) is 0 Å². The maximum absolute atomic E-state index is 11.7. The van der Waals surface area contributed by atoms with Crippen LogP contribution in [0.1, 0.15) is 16.8 Å². The Morgan fingerprint density at radius 2 is 1.67 bits per heavy atom. The number of carbonyl (C=O) groups excluding carboxylic acids is 2. The lowest BCUT2D eigenvalue weighted by atomic mass is 10.2. The van der Waals surface area contributed by atoms with Gasteiger partial charge < -0.3 is 15.8 Å².